The van der Waals surface area contributed by atoms with Crippen LogP contribution in [0.4, 0.5) is 0 Å². The molecule has 0 radical (unpaired) electrons. The minimum Gasteiger partial charge on any atom is -0.354 e. The second kappa shape index (κ2) is 12.8. The summed E-state index contributed by atoms with van der Waals surface area (Å²) in [7, 11) is 0. The minimum atomic E-state index is -0.441. The standard InChI is InChI=1S/C29H42N4O2S/c1-21(2)18-32(19-22-8-4-3-5-9-22)25-15-26(33(20-25)29(35)27-12-7-13-36-27)28(34)31-17-24-11-6-10-23(14-24)16-30/h3-5,7-9,12-13,21,23-26H,6,10-11,14-20,30H2,1-2H3,(H,31,34). The van der Waals surface area contributed by atoms with Crippen molar-refractivity contribution in [2.24, 2.45) is 23.5 Å². The maximum Gasteiger partial charge on any atom is 0.264 e. The number of carbonyl (C=O) groups is 2. The van der Waals surface area contributed by atoms with Gasteiger partial charge in [0.05, 0.1) is 4.88 Å². The lowest BCUT2D eigenvalue weighted by molar-refractivity contribution is -0.125. The van der Waals surface area contributed by atoms with Gasteiger partial charge in [0.2, 0.25) is 5.91 Å². The van der Waals surface area contributed by atoms with Crippen LogP contribution in [-0.4, -0.2) is 59.9 Å². The Labute approximate surface area is 220 Å². The molecule has 1 aliphatic carbocycles. The fraction of sp³-hybridized carbons (Fsp3) is 0.586. The van der Waals surface area contributed by atoms with E-state index in [1.165, 1.54) is 29.7 Å². The molecule has 1 aromatic carbocycles. The maximum atomic E-state index is 13.5. The first kappa shape index (κ1) is 26.8. The lowest BCUT2D eigenvalue weighted by Crippen LogP contribution is -2.47. The predicted octanol–water partition coefficient (Wildman–Crippen LogP) is 4.37. The fourth-order valence-corrected chi connectivity index (χ4v) is 6.57. The average molecular weight is 511 g/mol. The van der Waals surface area contributed by atoms with Gasteiger partial charge in [-0.3, -0.25) is 14.5 Å². The Bertz CT molecular complexity index is 965. The van der Waals surface area contributed by atoms with Gasteiger partial charge in [0.25, 0.3) is 5.91 Å². The Kier molecular flexibility index (Phi) is 9.57. The number of nitrogens with two attached hydrogens (primary N) is 1. The molecule has 2 amide bonds. The van der Waals surface area contributed by atoms with Crippen LogP contribution in [0.1, 0.15) is 61.2 Å². The van der Waals surface area contributed by atoms with E-state index in [1.54, 1.807) is 0 Å². The number of carbonyl (C=O) groups excluding carboxylic acids is 2. The van der Waals surface area contributed by atoms with E-state index in [-0.39, 0.29) is 17.9 Å². The molecule has 2 fully saturated rings. The Morgan fingerprint density at radius 1 is 1.11 bits per heavy atom. The second-order valence-electron chi connectivity index (χ2n) is 11.0. The lowest BCUT2D eigenvalue weighted by atomic mass is 9.81. The van der Waals surface area contributed by atoms with Gasteiger partial charge < -0.3 is 16.0 Å². The third-order valence-electron chi connectivity index (χ3n) is 7.71. The van der Waals surface area contributed by atoms with Crippen molar-refractivity contribution in [3.05, 3.63) is 58.3 Å². The Morgan fingerprint density at radius 2 is 1.89 bits per heavy atom. The average Bonchev–Trinajstić information content (AvgIpc) is 3.58. The summed E-state index contributed by atoms with van der Waals surface area (Å²) >= 11 is 1.44. The van der Waals surface area contributed by atoms with Crippen molar-refractivity contribution in [1.82, 2.24) is 15.1 Å². The van der Waals surface area contributed by atoms with Crippen LogP contribution < -0.4 is 11.1 Å². The van der Waals surface area contributed by atoms with Crippen molar-refractivity contribution in [2.45, 2.75) is 64.6 Å². The summed E-state index contributed by atoms with van der Waals surface area (Å²) in [6.07, 6.45) is 5.27. The first-order valence-electron chi connectivity index (χ1n) is 13.5. The van der Waals surface area contributed by atoms with Crippen LogP contribution in [0.15, 0.2) is 47.8 Å². The van der Waals surface area contributed by atoms with Gasteiger partial charge in [-0.1, -0.05) is 56.7 Å². The summed E-state index contributed by atoms with van der Waals surface area (Å²) in [5.74, 6) is 1.49. The zero-order valence-corrected chi connectivity index (χ0v) is 22.6. The van der Waals surface area contributed by atoms with E-state index < -0.39 is 6.04 Å². The van der Waals surface area contributed by atoms with Gasteiger partial charge in [-0.05, 0) is 67.0 Å². The van der Waals surface area contributed by atoms with Crippen LogP contribution in [0.3, 0.4) is 0 Å². The monoisotopic (exact) mass is 510 g/mol. The molecule has 0 bridgehead atoms. The highest BCUT2D eigenvalue weighted by Gasteiger charge is 2.42. The Morgan fingerprint density at radius 3 is 2.58 bits per heavy atom. The van der Waals surface area contributed by atoms with Gasteiger partial charge in [-0.25, -0.2) is 0 Å². The number of thiophene rings is 1. The summed E-state index contributed by atoms with van der Waals surface area (Å²) in [4.78, 5) is 32.0. The van der Waals surface area contributed by atoms with Gasteiger partial charge in [0.1, 0.15) is 6.04 Å². The number of nitrogens with one attached hydrogen (secondary N) is 1. The molecule has 4 atom stereocenters. The quantitative estimate of drug-likeness (QED) is 0.498. The van der Waals surface area contributed by atoms with Crippen LogP contribution in [-0.2, 0) is 11.3 Å². The van der Waals surface area contributed by atoms with Crippen molar-refractivity contribution in [3.8, 4) is 0 Å². The highest BCUT2D eigenvalue weighted by atomic mass is 32.1. The van der Waals surface area contributed by atoms with Gasteiger partial charge in [0.15, 0.2) is 0 Å². The smallest absolute Gasteiger partial charge is 0.264 e. The minimum absolute atomic E-state index is 0.0125. The van der Waals surface area contributed by atoms with Crippen LogP contribution in [0.25, 0.3) is 0 Å². The number of nitrogens with zero attached hydrogens (tertiary/aromatic N) is 2. The van der Waals surface area contributed by atoms with E-state index in [2.05, 4.69) is 48.3 Å². The predicted molar refractivity (Wildman–Crippen MR) is 147 cm³/mol. The molecule has 6 nitrogen and oxygen atoms in total. The third kappa shape index (κ3) is 6.96. The van der Waals surface area contributed by atoms with E-state index in [4.69, 9.17) is 5.73 Å². The first-order chi connectivity index (χ1) is 17.4. The highest BCUT2D eigenvalue weighted by molar-refractivity contribution is 7.12. The van der Waals surface area contributed by atoms with Crippen molar-refractivity contribution in [3.63, 3.8) is 0 Å². The van der Waals surface area contributed by atoms with Gasteiger partial charge >= 0.3 is 0 Å². The lowest BCUT2D eigenvalue weighted by Gasteiger charge is -2.30. The zero-order valence-electron chi connectivity index (χ0n) is 21.8. The number of amides is 2. The number of hydrogen-bond donors (Lipinski definition) is 2. The summed E-state index contributed by atoms with van der Waals surface area (Å²) < 4.78 is 0. The molecule has 196 valence electrons. The van der Waals surface area contributed by atoms with Crippen LogP contribution in [0.2, 0.25) is 0 Å². The molecule has 1 saturated carbocycles. The van der Waals surface area contributed by atoms with Crippen molar-refractivity contribution in [1.29, 1.82) is 0 Å². The van der Waals surface area contributed by atoms with Crippen molar-refractivity contribution >= 4 is 23.2 Å². The highest BCUT2D eigenvalue weighted by Crippen LogP contribution is 2.30. The van der Waals surface area contributed by atoms with E-state index in [9.17, 15) is 9.59 Å². The molecule has 36 heavy (non-hydrogen) atoms. The molecule has 1 saturated heterocycles. The molecule has 4 unspecified atom stereocenters. The summed E-state index contributed by atoms with van der Waals surface area (Å²) in [6.45, 7) is 8.18. The molecule has 1 aliphatic heterocycles. The van der Waals surface area contributed by atoms with Gasteiger partial charge in [-0.15, -0.1) is 11.3 Å². The number of likely N-dealkylation sites (tertiary alicyclic amines) is 1. The zero-order chi connectivity index (χ0) is 25.5. The summed E-state index contributed by atoms with van der Waals surface area (Å²) in [5, 5.41) is 5.15. The summed E-state index contributed by atoms with van der Waals surface area (Å²) in [5.41, 5.74) is 7.18. The Balaban J connectivity index is 1.48. The summed E-state index contributed by atoms with van der Waals surface area (Å²) in [6, 6.07) is 13.9. The van der Waals surface area contributed by atoms with Crippen LogP contribution >= 0.6 is 11.3 Å². The SMILES string of the molecule is CC(C)CN(Cc1ccccc1)C1CC(C(=O)NCC2CCCC(CN)C2)N(C(=O)c2cccs2)C1. The van der Waals surface area contributed by atoms with Crippen LogP contribution in [0.5, 0.6) is 0 Å². The number of rotatable bonds is 10. The molecule has 2 heterocycles. The van der Waals surface area contributed by atoms with Crippen LogP contribution in [0, 0.1) is 17.8 Å². The van der Waals surface area contributed by atoms with Gasteiger partial charge in [-0.2, -0.15) is 0 Å². The molecule has 3 N–H and O–H groups in total. The second-order valence-corrected chi connectivity index (χ2v) is 12.0. The molecular weight excluding hydrogens is 468 g/mol. The van der Waals surface area contributed by atoms with E-state index in [1.807, 2.05) is 28.5 Å². The van der Waals surface area contributed by atoms with E-state index in [0.717, 1.165) is 32.5 Å². The molecule has 2 aromatic rings. The molecular formula is C29H42N4O2S. The number of hydrogen-bond acceptors (Lipinski definition) is 5. The maximum absolute atomic E-state index is 13.5. The molecule has 4 rings (SSSR count). The number of benzene rings is 1. The molecule has 1 aromatic heterocycles. The first-order valence-corrected chi connectivity index (χ1v) is 14.4. The van der Waals surface area contributed by atoms with Gasteiger partial charge in [0, 0.05) is 32.2 Å². The van der Waals surface area contributed by atoms with Crippen molar-refractivity contribution in [2.75, 3.05) is 26.2 Å². The normalized spacial score (nSPS) is 24.4. The fourth-order valence-electron chi connectivity index (χ4n) is 5.89. The molecule has 7 heteroatoms. The molecule has 0 spiro atoms. The largest absolute Gasteiger partial charge is 0.354 e. The third-order valence-corrected chi connectivity index (χ3v) is 8.57. The van der Waals surface area contributed by atoms with Crippen molar-refractivity contribution < 1.29 is 9.59 Å². The molecule has 2 aliphatic rings. The van der Waals surface area contributed by atoms with E-state index in [0.29, 0.717) is 42.1 Å². The van der Waals surface area contributed by atoms with E-state index >= 15 is 0 Å². The Hall–Kier alpha value is -2.22. The topological polar surface area (TPSA) is 78.7 Å².